The minimum Gasteiger partial charge on any atom is -0.478 e. The summed E-state index contributed by atoms with van der Waals surface area (Å²) in [4.78, 5) is 36.6. The quantitative estimate of drug-likeness (QED) is 0.224. The lowest BCUT2D eigenvalue weighted by Crippen LogP contribution is -2.33. The van der Waals surface area contributed by atoms with Crippen LogP contribution in [0, 0.1) is 5.92 Å². The Hall–Kier alpha value is -3.45. The normalized spacial score (nSPS) is 16.3. The summed E-state index contributed by atoms with van der Waals surface area (Å²) < 4.78 is 0. The molecule has 2 aliphatic heterocycles. The van der Waals surface area contributed by atoms with Crippen LogP contribution < -0.4 is 4.90 Å². The summed E-state index contributed by atoms with van der Waals surface area (Å²) >= 11 is 0. The number of unbranched alkanes of at least 4 members (excludes halogenated alkanes) is 1. The minimum absolute atomic E-state index is 0.306. The lowest BCUT2D eigenvalue weighted by atomic mass is 9.90. The zero-order valence-corrected chi connectivity index (χ0v) is 22.1. The third-order valence-corrected chi connectivity index (χ3v) is 7.25. The summed E-state index contributed by atoms with van der Waals surface area (Å²) in [5, 5.41) is 15.6. The fraction of sp³-hybridized carbons (Fsp3) is 0.452. The topological polar surface area (TPSA) is 98.2 Å². The number of hydrogen-bond donors (Lipinski definition) is 2. The average molecular weight is 521 g/mol. The van der Waals surface area contributed by atoms with E-state index in [0.717, 1.165) is 37.5 Å². The summed E-state index contributed by atoms with van der Waals surface area (Å²) in [6.45, 7) is 5.80. The monoisotopic (exact) mass is 520 g/mol. The highest BCUT2D eigenvalue weighted by molar-refractivity contribution is 5.96. The third kappa shape index (κ3) is 10.5. The molecular weight excluding hydrogens is 480 g/mol. The first-order valence-corrected chi connectivity index (χ1v) is 13.7. The highest BCUT2D eigenvalue weighted by Crippen LogP contribution is 2.25. The number of ketones is 1. The van der Waals surface area contributed by atoms with Gasteiger partial charge in [0.15, 0.2) is 5.78 Å². The number of carbonyl (C=O) groups excluding carboxylic acids is 1. The fourth-order valence-electron chi connectivity index (χ4n) is 5.11. The van der Waals surface area contributed by atoms with Gasteiger partial charge in [-0.2, -0.15) is 0 Å². The van der Waals surface area contributed by atoms with Gasteiger partial charge in [0.1, 0.15) is 0 Å². The average Bonchev–Trinajstić information content (AvgIpc) is 3.47. The van der Waals surface area contributed by atoms with Crippen LogP contribution in [0.5, 0.6) is 0 Å². The van der Waals surface area contributed by atoms with E-state index in [2.05, 4.69) is 52.3 Å². The van der Waals surface area contributed by atoms with E-state index in [1.165, 1.54) is 62.9 Å². The Morgan fingerprint density at radius 2 is 1.39 bits per heavy atom. The van der Waals surface area contributed by atoms with Crippen molar-refractivity contribution in [3.8, 4) is 0 Å². The van der Waals surface area contributed by atoms with Crippen LogP contribution in [0.15, 0.2) is 66.7 Å². The molecule has 204 valence electrons. The first-order valence-electron chi connectivity index (χ1n) is 13.7. The Morgan fingerprint density at radius 3 is 1.97 bits per heavy atom. The molecule has 7 nitrogen and oxygen atoms in total. The molecule has 0 aromatic heterocycles. The van der Waals surface area contributed by atoms with Crippen molar-refractivity contribution in [3.63, 3.8) is 0 Å². The molecule has 38 heavy (non-hydrogen) atoms. The molecule has 0 atom stereocenters. The molecule has 0 radical (unpaired) electrons. The molecule has 2 saturated heterocycles. The molecule has 2 aliphatic rings. The zero-order valence-electron chi connectivity index (χ0n) is 22.1. The van der Waals surface area contributed by atoms with E-state index in [9.17, 15) is 14.4 Å². The number of Topliss-reactive ketones (excluding diaryl/α,β-unsaturated/α-hetero) is 1. The number of hydrogen-bond acceptors (Lipinski definition) is 5. The predicted molar refractivity (Wildman–Crippen MR) is 150 cm³/mol. The molecule has 0 amide bonds. The molecule has 2 heterocycles. The standard InChI is InChI=1S/C27H36N2O.C4H4O4/c30-27(25-12-14-26(15-13-25)29-18-6-7-19-29)11-5-4-8-23-16-20-28(21-17-23)22-24-9-2-1-3-10-24;5-3(6)1-2-4(7)8/h1-3,9-10,12-15,23H,4-8,11,16-22H2;1-2H,(H,5,6)(H,7,8). The number of nitrogens with zero attached hydrogens (tertiary/aromatic N) is 2. The molecule has 7 heteroatoms. The van der Waals surface area contributed by atoms with Gasteiger partial charge in [-0.25, -0.2) is 9.59 Å². The number of carbonyl (C=O) groups is 3. The number of carboxylic acids is 2. The number of anilines is 1. The molecule has 0 aliphatic carbocycles. The summed E-state index contributed by atoms with van der Waals surface area (Å²) in [7, 11) is 0. The Kier molecular flexibility index (Phi) is 12.0. The molecule has 2 aromatic carbocycles. The molecule has 0 spiro atoms. The molecule has 0 bridgehead atoms. The second-order valence-corrected chi connectivity index (χ2v) is 10.1. The number of piperidine rings is 1. The first-order chi connectivity index (χ1) is 18.4. The van der Waals surface area contributed by atoms with Crippen LogP contribution in [0.4, 0.5) is 5.69 Å². The SMILES string of the molecule is O=C(CCCCC1CCN(Cc2ccccc2)CC1)c1ccc(N2CCCC2)cc1.O=C(O)C=CC(=O)O. The van der Waals surface area contributed by atoms with Gasteiger partial charge in [0, 0.05) is 49.5 Å². The maximum Gasteiger partial charge on any atom is 0.328 e. The van der Waals surface area contributed by atoms with Crippen molar-refractivity contribution in [1.82, 2.24) is 4.90 Å². The molecule has 0 unspecified atom stereocenters. The largest absolute Gasteiger partial charge is 0.478 e. The maximum atomic E-state index is 12.5. The fourth-order valence-corrected chi connectivity index (χ4v) is 5.11. The van der Waals surface area contributed by atoms with Gasteiger partial charge in [-0.05, 0) is 80.9 Å². The van der Waals surface area contributed by atoms with E-state index in [1.54, 1.807) is 0 Å². The van der Waals surface area contributed by atoms with Crippen LogP contribution in [0.2, 0.25) is 0 Å². The summed E-state index contributed by atoms with van der Waals surface area (Å²) in [5.41, 5.74) is 3.57. The van der Waals surface area contributed by atoms with Crippen LogP contribution in [-0.4, -0.2) is 59.0 Å². The minimum atomic E-state index is -1.26. The maximum absolute atomic E-state index is 12.5. The van der Waals surface area contributed by atoms with Crippen molar-refractivity contribution in [2.45, 2.75) is 57.9 Å². The Morgan fingerprint density at radius 1 is 0.789 bits per heavy atom. The lowest BCUT2D eigenvalue weighted by Gasteiger charge is -2.32. The van der Waals surface area contributed by atoms with E-state index in [4.69, 9.17) is 10.2 Å². The van der Waals surface area contributed by atoms with Crippen LogP contribution in [-0.2, 0) is 16.1 Å². The highest BCUT2D eigenvalue weighted by atomic mass is 16.4. The Bertz CT molecular complexity index is 1020. The number of aliphatic carboxylic acids is 2. The van der Waals surface area contributed by atoms with Crippen LogP contribution in [0.25, 0.3) is 0 Å². The number of benzene rings is 2. The van der Waals surface area contributed by atoms with Gasteiger partial charge < -0.3 is 15.1 Å². The van der Waals surface area contributed by atoms with Crippen molar-refractivity contribution < 1.29 is 24.6 Å². The van der Waals surface area contributed by atoms with E-state index < -0.39 is 11.9 Å². The van der Waals surface area contributed by atoms with E-state index >= 15 is 0 Å². The summed E-state index contributed by atoms with van der Waals surface area (Å²) in [6, 6.07) is 19.1. The van der Waals surface area contributed by atoms with Gasteiger partial charge in [-0.3, -0.25) is 9.69 Å². The van der Waals surface area contributed by atoms with Crippen LogP contribution in [0.3, 0.4) is 0 Å². The van der Waals surface area contributed by atoms with Crippen LogP contribution in [0.1, 0.15) is 67.3 Å². The third-order valence-electron chi connectivity index (χ3n) is 7.25. The number of likely N-dealkylation sites (tertiary alicyclic amines) is 1. The molecule has 2 aromatic rings. The highest BCUT2D eigenvalue weighted by Gasteiger charge is 2.19. The van der Waals surface area contributed by atoms with E-state index in [0.29, 0.717) is 24.4 Å². The van der Waals surface area contributed by atoms with Crippen molar-refractivity contribution in [3.05, 3.63) is 77.9 Å². The lowest BCUT2D eigenvalue weighted by molar-refractivity contribution is -0.134. The van der Waals surface area contributed by atoms with Crippen molar-refractivity contribution >= 4 is 23.4 Å². The van der Waals surface area contributed by atoms with Gasteiger partial charge >= 0.3 is 11.9 Å². The molecular formula is C31H40N2O5. The molecule has 4 rings (SSSR count). The smallest absolute Gasteiger partial charge is 0.328 e. The summed E-state index contributed by atoms with van der Waals surface area (Å²) in [6.07, 6.45) is 10.5. The molecule has 2 N–H and O–H groups in total. The van der Waals surface area contributed by atoms with Gasteiger partial charge in [0.05, 0.1) is 0 Å². The van der Waals surface area contributed by atoms with E-state index in [1.807, 2.05) is 12.1 Å². The second kappa shape index (κ2) is 15.7. The molecule has 2 fully saturated rings. The summed E-state index contributed by atoms with van der Waals surface area (Å²) in [5.74, 6) is -1.37. The Labute approximate surface area is 225 Å². The second-order valence-electron chi connectivity index (χ2n) is 10.1. The van der Waals surface area contributed by atoms with Crippen molar-refractivity contribution in [2.75, 3.05) is 31.1 Å². The Balaban J connectivity index is 0.000000436. The zero-order chi connectivity index (χ0) is 27.2. The van der Waals surface area contributed by atoms with E-state index in [-0.39, 0.29) is 0 Å². The van der Waals surface area contributed by atoms with Gasteiger partial charge in [-0.1, -0.05) is 43.2 Å². The van der Waals surface area contributed by atoms with Gasteiger partial charge in [-0.15, -0.1) is 0 Å². The number of carboxylic acid groups (broad SMARTS) is 2. The van der Waals surface area contributed by atoms with Crippen molar-refractivity contribution in [2.24, 2.45) is 5.92 Å². The molecule has 0 saturated carbocycles. The van der Waals surface area contributed by atoms with Crippen LogP contribution >= 0.6 is 0 Å². The van der Waals surface area contributed by atoms with Gasteiger partial charge in [0.25, 0.3) is 0 Å². The van der Waals surface area contributed by atoms with Gasteiger partial charge in [0.2, 0.25) is 0 Å². The number of rotatable bonds is 11. The van der Waals surface area contributed by atoms with Crippen molar-refractivity contribution in [1.29, 1.82) is 0 Å². The predicted octanol–water partition coefficient (Wildman–Crippen LogP) is 5.65. The first kappa shape index (κ1) is 29.1.